The Kier molecular flexibility index (Phi) is 4.45. The molecule has 0 aliphatic carbocycles. The molecule has 0 fully saturated rings. The summed E-state index contributed by atoms with van der Waals surface area (Å²) in [4.78, 5) is 14.7. The third-order valence-electron chi connectivity index (χ3n) is 7.18. The Morgan fingerprint density at radius 3 is 2.08 bits per heavy atom. The summed E-state index contributed by atoms with van der Waals surface area (Å²) < 4.78 is 4.28. The van der Waals surface area contributed by atoms with Crippen LogP contribution in [0, 0.1) is 0 Å². The molecule has 178 valence electrons. The van der Waals surface area contributed by atoms with Gasteiger partial charge >= 0.3 is 0 Å². The molecule has 0 radical (unpaired) electrons. The Hall–Kier alpha value is -5.29. The maximum absolute atomic E-state index is 5.01. The fraction of sp³-hybridized carbons (Fsp3) is 0. The van der Waals surface area contributed by atoms with Crippen LogP contribution in [0.5, 0.6) is 0 Å². The molecule has 0 aliphatic heterocycles. The minimum Gasteiger partial charge on any atom is -0.276 e. The van der Waals surface area contributed by atoms with Gasteiger partial charge in [-0.25, -0.2) is 19.5 Å². The summed E-state index contributed by atoms with van der Waals surface area (Å²) in [7, 11) is 0. The van der Waals surface area contributed by atoms with E-state index in [0.717, 1.165) is 44.3 Å². The quantitative estimate of drug-likeness (QED) is 0.256. The molecule has 8 aromatic rings. The van der Waals surface area contributed by atoms with Crippen molar-refractivity contribution in [1.29, 1.82) is 0 Å². The van der Waals surface area contributed by atoms with E-state index in [9.17, 15) is 0 Å². The molecule has 0 atom stereocenters. The third kappa shape index (κ3) is 3.15. The SMILES string of the molecule is c1ccc(-c2cccc(-c3ccc4c(c3)n3c5ccccc5nc3n4-c3ncc4ccccc4n3)c2)cc1. The number of para-hydroxylation sites is 3. The molecule has 3 aromatic heterocycles. The zero-order chi connectivity index (χ0) is 25.1. The number of fused-ring (bicyclic) bond motifs is 6. The summed E-state index contributed by atoms with van der Waals surface area (Å²) in [5.74, 6) is 1.41. The Labute approximate surface area is 218 Å². The van der Waals surface area contributed by atoms with Crippen LogP contribution in [0.25, 0.3) is 66.9 Å². The van der Waals surface area contributed by atoms with E-state index in [1.165, 1.54) is 16.7 Å². The lowest BCUT2D eigenvalue weighted by Crippen LogP contribution is -2.01. The number of nitrogens with zero attached hydrogens (tertiary/aromatic N) is 5. The van der Waals surface area contributed by atoms with Gasteiger partial charge in [0.25, 0.3) is 0 Å². The average molecular weight is 488 g/mol. The first-order valence-corrected chi connectivity index (χ1v) is 12.6. The van der Waals surface area contributed by atoms with Crippen molar-refractivity contribution in [2.75, 3.05) is 0 Å². The van der Waals surface area contributed by atoms with E-state index in [0.29, 0.717) is 5.95 Å². The molecule has 0 saturated heterocycles. The van der Waals surface area contributed by atoms with Crippen LogP contribution in [-0.2, 0) is 0 Å². The topological polar surface area (TPSA) is 48.0 Å². The van der Waals surface area contributed by atoms with Crippen LogP contribution in [0.15, 0.2) is 128 Å². The van der Waals surface area contributed by atoms with E-state index >= 15 is 0 Å². The Bertz CT molecular complexity index is 2140. The smallest absolute Gasteiger partial charge is 0.237 e. The monoisotopic (exact) mass is 487 g/mol. The van der Waals surface area contributed by atoms with Crippen LogP contribution < -0.4 is 0 Å². The number of benzene rings is 5. The molecule has 0 bridgehead atoms. The molecule has 8 rings (SSSR count). The average Bonchev–Trinajstić information content (AvgIpc) is 3.51. The van der Waals surface area contributed by atoms with Crippen molar-refractivity contribution < 1.29 is 0 Å². The maximum Gasteiger partial charge on any atom is 0.237 e. The highest BCUT2D eigenvalue weighted by atomic mass is 15.3. The molecule has 3 heterocycles. The lowest BCUT2D eigenvalue weighted by Gasteiger charge is -2.08. The zero-order valence-electron chi connectivity index (χ0n) is 20.4. The summed E-state index contributed by atoms with van der Waals surface area (Å²) in [5.41, 5.74) is 9.69. The number of rotatable bonds is 3. The second-order valence-corrected chi connectivity index (χ2v) is 9.45. The largest absolute Gasteiger partial charge is 0.276 e. The van der Waals surface area contributed by atoms with E-state index in [1.807, 2.05) is 48.7 Å². The molecule has 38 heavy (non-hydrogen) atoms. The minimum atomic E-state index is 0.609. The van der Waals surface area contributed by atoms with Gasteiger partial charge in [-0.1, -0.05) is 84.9 Å². The van der Waals surface area contributed by atoms with E-state index in [4.69, 9.17) is 15.0 Å². The second-order valence-electron chi connectivity index (χ2n) is 9.45. The normalized spacial score (nSPS) is 11.7. The third-order valence-corrected chi connectivity index (χ3v) is 7.18. The van der Waals surface area contributed by atoms with E-state index in [-0.39, 0.29) is 0 Å². The minimum absolute atomic E-state index is 0.609. The van der Waals surface area contributed by atoms with Crippen LogP contribution in [0.2, 0.25) is 0 Å². The summed E-state index contributed by atoms with van der Waals surface area (Å²) >= 11 is 0. The molecule has 0 spiro atoms. The molecule has 0 aliphatic rings. The molecule has 0 amide bonds. The van der Waals surface area contributed by atoms with Crippen molar-refractivity contribution in [3.8, 4) is 28.2 Å². The van der Waals surface area contributed by atoms with Gasteiger partial charge in [0.15, 0.2) is 0 Å². The molecule has 5 nitrogen and oxygen atoms in total. The van der Waals surface area contributed by atoms with E-state index < -0.39 is 0 Å². The van der Waals surface area contributed by atoms with Crippen molar-refractivity contribution >= 4 is 38.7 Å². The molecule has 0 N–H and O–H groups in total. The summed E-state index contributed by atoms with van der Waals surface area (Å²) in [5, 5.41) is 1.01. The first-order chi connectivity index (χ1) is 18.8. The first-order valence-electron chi connectivity index (χ1n) is 12.6. The molecule has 5 heteroatoms. The lowest BCUT2D eigenvalue weighted by molar-refractivity contribution is 0.984. The van der Waals surface area contributed by atoms with Crippen LogP contribution in [0.4, 0.5) is 0 Å². The summed E-state index contributed by atoms with van der Waals surface area (Å²) in [6, 6.07) is 42.1. The van der Waals surface area contributed by atoms with Crippen molar-refractivity contribution in [2.24, 2.45) is 0 Å². The number of aromatic nitrogens is 5. The lowest BCUT2D eigenvalue weighted by atomic mass is 9.99. The number of imidazole rings is 2. The first kappa shape index (κ1) is 20.9. The standard InChI is InChI=1S/C33H21N5/c1-2-9-22(10-3-1)23-12-8-13-24(19-23)25-17-18-30-31(20-25)37-29-16-7-6-15-28(29)36-33(37)38(30)32-34-21-26-11-4-5-14-27(26)35-32/h1-21H. The van der Waals surface area contributed by atoms with Gasteiger partial charge in [0.1, 0.15) is 0 Å². The molecule has 5 aromatic carbocycles. The fourth-order valence-corrected chi connectivity index (χ4v) is 5.36. The predicted molar refractivity (Wildman–Crippen MR) is 153 cm³/mol. The fourth-order valence-electron chi connectivity index (χ4n) is 5.36. The Morgan fingerprint density at radius 1 is 0.474 bits per heavy atom. The highest BCUT2D eigenvalue weighted by Crippen LogP contribution is 2.33. The highest BCUT2D eigenvalue weighted by molar-refractivity contribution is 5.94. The van der Waals surface area contributed by atoms with Gasteiger partial charge < -0.3 is 0 Å². The molecule has 0 unspecified atom stereocenters. The van der Waals surface area contributed by atoms with E-state index in [1.54, 1.807) is 0 Å². The van der Waals surface area contributed by atoms with Gasteiger partial charge in [-0.05, 0) is 58.7 Å². The molecular weight excluding hydrogens is 466 g/mol. The van der Waals surface area contributed by atoms with Crippen molar-refractivity contribution in [1.82, 2.24) is 23.9 Å². The second kappa shape index (κ2) is 8.11. The van der Waals surface area contributed by atoms with Gasteiger partial charge in [-0.3, -0.25) is 4.40 Å². The van der Waals surface area contributed by atoms with E-state index in [2.05, 4.69) is 87.8 Å². The van der Waals surface area contributed by atoms with Gasteiger partial charge in [0.2, 0.25) is 11.7 Å². The Balaban J connectivity index is 1.39. The number of hydrogen-bond acceptors (Lipinski definition) is 3. The van der Waals surface area contributed by atoms with Crippen LogP contribution in [0.1, 0.15) is 0 Å². The summed E-state index contributed by atoms with van der Waals surface area (Å²) in [6.45, 7) is 0. The Morgan fingerprint density at radius 2 is 1.18 bits per heavy atom. The predicted octanol–water partition coefficient (Wildman–Crippen LogP) is 7.71. The molecule has 0 saturated carbocycles. The number of hydrogen-bond donors (Lipinski definition) is 0. The highest BCUT2D eigenvalue weighted by Gasteiger charge is 2.19. The van der Waals surface area contributed by atoms with Gasteiger partial charge in [0, 0.05) is 11.6 Å². The van der Waals surface area contributed by atoms with Gasteiger partial charge in [-0.2, -0.15) is 0 Å². The van der Waals surface area contributed by atoms with Crippen LogP contribution in [0.3, 0.4) is 0 Å². The zero-order valence-corrected chi connectivity index (χ0v) is 20.4. The van der Waals surface area contributed by atoms with Crippen molar-refractivity contribution in [3.05, 3.63) is 128 Å². The van der Waals surface area contributed by atoms with Crippen molar-refractivity contribution in [3.63, 3.8) is 0 Å². The van der Waals surface area contributed by atoms with Crippen molar-refractivity contribution in [2.45, 2.75) is 0 Å². The van der Waals surface area contributed by atoms with Gasteiger partial charge in [0.05, 0.1) is 27.6 Å². The van der Waals surface area contributed by atoms with Crippen LogP contribution >= 0.6 is 0 Å². The summed E-state index contributed by atoms with van der Waals surface area (Å²) in [6.07, 6.45) is 1.88. The van der Waals surface area contributed by atoms with Gasteiger partial charge in [-0.15, -0.1) is 0 Å². The van der Waals surface area contributed by atoms with Crippen LogP contribution in [-0.4, -0.2) is 23.9 Å². The molecular formula is C33H21N5. The maximum atomic E-state index is 5.01.